The highest BCUT2D eigenvalue weighted by atomic mass is 35.5. The number of hydrazone groups is 1. The van der Waals surface area contributed by atoms with Gasteiger partial charge in [0.15, 0.2) is 0 Å². The molecule has 0 fully saturated rings. The molecule has 0 saturated heterocycles. The Labute approximate surface area is 170 Å². The van der Waals surface area contributed by atoms with Crippen LogP contribution in [0.4, 0.5) is 11.5 Å². The molecule has 3 rings (SSSR count). The Morgan fingerprint density at radius 3 is 2.66 bits per heavy atom. The number of carbonyl (C=O) groups is 1. The van der Waals surface area contributed by atoms with Gasteiger partial charge in [-0.1, -0.05) is 11.6 Å². The van der Waals surface area contributed by atoms with Gasteiger partial charge in [-0.25, -0.2) is 9.78 Å². The van der Waals surface area contributed by atoms with Crippen molar-refractivity contribution in [2.24, 2.45) is 5.10 Å². The van der Waals surface area contributed by atoms with Gasteiger partial charge in [0, 0.05) is 28.7 Å². The molecule has 0 amide bonds. The van der Waals surface area contributed by atoms with E-state index in [0.29, 0.717) is 5.82 Å². The molecular formula is C19H16ClN5O4. The summed E-state index contributed by atoms with van der Waals surface area (Å²) < 4.78 is 1.93. The highest BCUT2D eigenvalue weighted by Crippen LogP contribution is 2.25. The molecule has 0 radical (unpaired) electrons. The number of pyridine rings is 1. The Hall–Kier alpha value is -3.72. The van der Waals surface area contributed by atoms with Crippen molar-refractivity contribution in [3.8, 4) is 5.69 Å². The Balaban J connectivity index is 1.82. The number of nitrogens with zero attached hydrogens (tertiary/aromatic N) is 4. The lowest BCUT2D eigenvalue weighted by molar-refractivity contribution is -0.385. The van der Waals surface area contributed by atoms with E-state index in [2.05, 4.69) is 15.5 Å². The molecule has 0 aliphatic rings. The van der Waals surface area contributed by atoms with E-state index < -0.39 is 10.9 Å². The van der Waals surface area contributed by atoms with Crippen LogP contribution in [0.3, 0.4) is 0 Å². The summed E-state index contributed by atoms with van der Waals surface area (Å²) in [5.41, 5.74) is 6.02. The van der Waals surface area contributed by atoms with E-state index in [1.54, 1.807) is 18.3 Å². The molecule has 2 aromatic heterocycles. The van der Waals surface area contributed by atoms with Crippen LogP contribution >= 0.6 is 11.6 Å². The number of rotatable bonds is 6. The fourth-order valence-electron chi connectivity index (χ4n) is 2.86. The molecule has 0 bridgehead atoms. The number of aryl methyl sites for hydroxylation is 1. The Morgan fingerprint density at radius 1 is 1.31 bits per heavy atom. The lowest BCUT2D eigenvalue weighted by atomic mass is 10.2. The Bertz CT molecular complexity index is 1120. The number of nitrogens with one attached hydrogen (secondary N) is 1. The van der Waals surface area contributed by atoms with E-state index in [0.717, 1.165) is 28.8 Å². The molecule has 29 heavy (non-hydrogen) atoms. The van der Waals surface area contributed by atoms with Crippen molar-refractivity contribution in [2.75, 3.05) is 5.43 Å². The van der Waals surface area contributed by atoms with Crippen LogP contribution in [0, 0.1) is 24.0 Å². The molecule has 1 aromatic carbocycles. The number of anilines is 1. The zero-order valence-electron chi connectivity index (χ0n) is 15.5. The third-order valence-corrected chi connectivity index (χ3v) is 4.57. The number of carboxylic acids is 1. The quantitative estimate of drug-likeness (QED) is 0.354. The largest absolute Gasteiger partial charge is 0.478 e. The van der Waals surface area contributed by atoms with E-state index in [1.165, 1.54) is 18.2 Å². The third-order valence-electron chi connectivity index (χ3n) is 4.25. The minimum Gasteiger partial charge on any atom is -0.478 e. The number of halogens is 1. The fourth-order valence-corrected chi connectivity index (χ4v) is 3.12. The molecule has 0 aliphatic heterocycles. The van der Waals surface area contributed by atoms with Crippen molar-refractivity contribution < 1.29 is 14.8 Å². The van der Waals surface area contributed by atoms with E-state index in [4.69, 9.17) is 16.7 Å². The van der Waals surface area contributed by atoms with Crippen molar-refractivity contribution in [3.63, 3.8) is 0 Å². The van der Waals surface area contributed by atoms with Crippen LogP contribution in [-0.2, 0) is 0 Å². The highest BCUT2D eigenvalue weighted by Gasteiger charge is 2.13. The lowest BCUT2D eigenvalue weighted by Gasteiger charge is -2.11. The zero-order valence-corrected chi connectivity index (χ0v) is 16.2. The topological polar surface area (TPSA) is 123 Å². The van der Waals surface area contributed by atoms with Crippen molar-refractivity contribution in [1.82, 2.24) is 9.55 Å². The molecule has 9 nitrogen and oxygen atoms in total. The van der Waals surface area contributed by atoms with Crippen LogP contribution in [0.5, 0.6) is 0 Å². The molecule has 10 heteroatoms. The van der Waals surface area contributed by atoms with Gasteiger partial charge in [0.1, 0.15) is 12.0 Å². The van der Waals surface area contributed by atoms with Crippen LogP contribution < -0.4 is 5.43 Å². The van der Waals surface area contributed by atoms with Crippen LogP contribution in [0.15, 0.2) is 47.7 Å². The SMILES string of the molecule is Cc1cc(/C=N\Nc2ccc([N+](=O)[O-])cn2)c(C)n1-c1ccc(C(=O)O)c(Cl)c1. The van der Waals surface area contributed by atoms with Gasteiger partial charge in [-0.15, -0.1) is 0 Å². The predicted molar refractivity (Wildman–Crippen MR) is 109 cm³/mol. The first-order valence-corrected chi connectivity index (χ1v) is 8.77. The summed E-state index contributed by atoms with van der Waals surface area (Å²) in [6, 6.07) is 9.48. The maximum Gasteiger partial charge on any atom is 0.337 e. The summed E-state index contributed by atoms with van der Waals surface area (Å²) in [4.78, 5) is 25.2. The maximum absolute atomic E-state index is 11.1. The third kappa shape index (κ3) is 4.25. The molecule has 2 heterocycles. The molecule has 0 aliphatic carbocycles. The fraction of sp³-hybridized carbons (Fsp3) is 0.105. The van der Waals surface area contributed by atoms with E-state index in [1.807, 2.05) is 24.5 Å². The summed E-state index contributed by atoms with van der Waals surface area (Å²) in [5.74, 6) is -0.710. The predicted octanol–water partition coefficient (Wildman–Crippen LogP) is 4.19. The van der Waals surface area contributed by atoms with E-state index >= 15 is 0 Å². The molecule has 148 valence electrons. The number of aromatic carboxylic acids is 1. The van der Waals surface area contributed by atoms with Gasteiger partial charge in [-0.2, -0.15) is 5.10 Å². The van der Waals surface area contributed by atoms with Gasteiger partial charge >= 0.3 is 5.97 Å². The van der Waals surface area contributed by atoms with Gasteiger partial charge in [0.25, 0.3) is 5.69 Å². The minimum absolute atomic E-state index is 0.0412. The molecule has 0 unspecified atom stereocenters. The first kappa shape index (κ1) is 20.0. The smallest absolute Gasteiger partial charge is 0.337 e. The summed E-state index contributed by atoms with van der Waals surface area (Å²) >= 11 is 6.09. The average molecular weight is 414 g/mol. The molecule has 0 saturated carbocycles. The summed E-state index contributed by atoms with van der Waals surface area (Å²) in [5, 5.41) is 24.1. The number of hydrogen-bond donors (Lipinski definition) is 2. The Morgan fingerprint density at radius 2 is 2.07 bits per heavy atom. The normalized spacial score (nSPS) is 11.0. The Kier molecular flexibility index (Phi) is 5.60. The number of aromatic nitrogens is 2. The van der Waals surface area contributed by atoms with Crippen molar-refractivity contribution in [3.05, 3.63) is 80.2 Å². The summed E-state index contributed by atoms with van der Waals surface area (Å²) in [6.07, 6.45) is 2.75. The maximum atomic E-state index is 11.1. The zero-order chi connectivity index (χ0) is 21.1. The van der Waals surface area contributed by atoms with Gasteiger partial charge in [0.05, 0.1) is 21.7 Å². The molecule has 0 spiro atoms. The van der Waals surface area contributed by atoms with Crippen LogP contribution in [-0.4, -0.2) is 31.8 Å². The van der Waals surface area contributed by atoms with Gasteiger partial charge in [0.2, 0.25) is 0 Å². The van der Waals surface area contributed by atoms with Crippen LogP contribution in [0.1, 0.15) is 27.3 Å². The van der Waals surface area contributed by atoms with Crippen molar-refractivity contribution >= 4 is 35.3 Å². The van der Waals surface area contributed by atoms with Crippen LogP contribution in [0.25, 0.3) is 5.69 Å². The van der Waals surface area contributed by atoms with Crippen molar-refractivity contribution in [1.29, 1.82) is 0 Å². The van der Waals surface area contributed by atoms with Crippen LogP contribution in [0.2, 0.25) is 5.02 Å². The number of benzene rings is 1. The standard InChI is InChI=1S/C19H16ClN5O4/c1-11-7-13(9-22-23-18-6-4-15(10-21-18)25(28)29)12(2)24(11)14-3-5-16(19(26)27)17(20)8-14/h3-10H,1-2H3,(H,21,23)(H,26,27)/b22-9-. The van der Waals surface area contributed by atoms with E-state index in [9.17, 15) is 14.9 Å². The van der Waals surface area contributed by atoms with E-state index in [-0.39, 0.29) is 16.3 Å². The second-order valence-electron chi connectivity index (χ2n) is 6.16. The molecule has 3 aromatic rings. The van der Waals surface area contributed by atoms with Gasteiger partial charge < -0.3 is 9.67 Å². The summed E-state index contributed by atoms with van der Waals surface area (Å²) in [7, 11) is 0. The summed E-state index contributed by atoms with van der Waals surface area (Å²) in [6.45, 7) is 3.81. The second-order valence-corrected chi connectivity index (χ2v) is 6.57. The average Bonchev–Trinajstić information content (AvgIpc) is 2.95. The molecular weight excluding hydrogens is 398 g/mol. The number of carboxylic acid groups (broad SMARTS) is 1. The number of nitro groups is 1. The lowest BCUT2D eigenvalue weighted by Crippen LogP contribution is -2.03. The van der Waals surface area contributed by atoms with Crippen molar-refractivity contribution in [2.45, 2.75) is 13.8 Å². The van der Waals surface area contributed by atoms with Gasteiger partial charge in [-0.3, -0.25) is 15.5 Å². The molecule has 2 N–H and O–H groups in total. The number of hydrogen-bond acceptors (Lipinski definition) is 6. The minimum atomic E-state index is -1.08. The monoisotopic (exact) mass is 413 g/mol. The molecule has 0 atom stereocenters. The second kappa shape index (κ2) is 8.11. The highest BCUT2D eigenvalue weighted by molar-refractivity contribution is 6.33. The first-order chi connectivity index (χ1) is 13.8. The first-order valence-electron chi connectivity index (χ1n) is 8.39. The van der Waals surface area contributed by atoms with Gasteiger partial charge in [-0.05, 0) is 44.2 Å².